The zero-order chi connectivity index (χ0) is 11.7. The lowest BCUT2D eigenvalue weighted by Crippen LogP contribution is -2.02. The number of nitrogens with zero attached hydrogens (tertiary/aromatic N) is 1. The average molecular weight is 244 g/mol. The maximum Gasteiger partial charge on any atom is 0.196 e. The van der Waals surface area contributed by atoms with Crippen molar-refractivity contribution < 1.29 is 4.42 Å². The van der Waals surface area contributed by atoms with Crippen molar-refractivity contribution in [1.29, 1.82) is 0 Å². The zero-order valence-electron chi connectivity index (χ0n) is 9.22. The molecule has 3 nitrogen and oxygen atoms in total. The van der Waals surface area contributed by atoms with E-state index in [-0.39, 0.29) is 0 Å². The van der Waals surface area contributed by atoms with Gasteiger partial charge < -0.3 is 10.2 Å². The van der Waals surface area contributed by atoms with Crippen molar-refractivity contribution in [2.45, 2.75) is 6.42 Å². The highest BCUT2D eigenvalue weighted by Gasteiger charge is 2.10. The van der Waals surface area contributed by atoms with Crippen LogP contribution in [0, 0.1) is 0 Å². The molecule has 4 heteroatoms. The molecular weight excluding hydrogens is 232 g/mol. The van der Waals surface area contributed by atoms with Gasteiger partial charge in [0.05, 0.1) is 6.20 Å². The molecule has 3 rings (SSSR count). The molecule has 86 valence electrons. The zero-order valence-corrected chi connectivity index (χ0v) is 10.0. The minimum atomic E-state index is 0.560. The Morgan fingerprint density at radius 2 is 2.18 bits per heavy atom. The van der Waals surface area contributed by atoms with Crippen LogP contribution in [-0.2, 0) is 6.42 Å². The van der Waals surface area contributed by atoms with Crippen LogP contribution in [0.5, 0.6) is 0 Å². The molecule has 0 aliphatic carbocycles. The van der Waals surface area contributed by atoms with Crippen LogP contribution < -0.4 is 5.73 Å². The van der Waals surface area contributed by atoms with Gasteiger partial charge in [0.1, 0.15) is 0 Å². The summed E-state index contributed by atoms with van der Waals surface area (Å²) in [7, 11) is 0. The molecule has 0 amide bonds. The van der Waals surface area contributed by atoms with Crippen molar-refractivity contribution in [2.75, 3.05) is 6.54 Å². The number of aromatic nitrogens is 1. The van der Waals surface area contributed by atoms with Crippen molar-refractivity contribution in [3.8, 4) is 11.3 Å². The van der Waals surface area contributed by atoms with E-state index in [9.17, 15) is 0 Å². The molecule has 1 aromatic carbocycles. The van der Waals surface area contributed by atoms with Crippen LogP contribution in [0.15, 0.2) is 40.3 Å². The van der Waals surface area contributed by atoms with E-state index in [1.54, 1.807) is 17.5 Å². The molecule has 0 radical (unpaired) electrons. The monoisotopic (exact) mass is 244 g/mol. The topological polar surface area (TPSA) is 52.0 Å². The Balaban J connectivity index is 2.07. The Bertz CT molecular complexity index is 641. The first kappa shape index (κ1) is 10.5. The molecule has 17 heavy (non-hydrogen) atoms. The van der Waals surface area contributed by atoms with Crippen LogP contribution in [0.1, 0.15) is 5.89 Å². The summed E-state index contributed by atoms with van der Waals surface area (Å²) in [5.74, 6) is 1.53. The lowest BCUT2D eigenvalue weighted by Gasteiger charge is -1.94. The molecule has 0 fully saturated rings. The molecular formula is C13H12N2OS. The number of rotatable bonds is 3. The summed E-state index contributed by atoms with van der Waals surface area (Å²) in [6, 6.07) is 8.30. The third-order valence-electron chi connectivity index (χ3n) is 2.66. The van der Waals surface area contributed by atoms with Crippen molar-refractivity contribution in [3.05, 3.63) is 41.7 Å². The Hall–Kier alpha value is -1.65. The summed E-state index contributed by atoms with van der Waals surface area (Å²) in [5, 5.41) is 3.32. The summed E-state index contributed by atoms with van der Waals surface area (Å²) < 4.78 is 6.96. The molecule has 3 aromatic rings. The van der Waals surface area contributed by atoms with E-state index in [1.807, 2.05) is 12.1 Å². The Kier molecular flexibility index (Phi) is 2.66. The second-order valence-electron chi connectivity index (χ2n) is 3.80. The third kappa shape index (κ3) is 1.85. The predicted molar refractivity (Wildman–Crippen MR) is 70.1 cm³/mol. The lowest BCUT2D eigenvalue weighted by atomic mass is 10.1. The van der Waals surface area contributed by atoms with Gasteiger partial charge in [0, 0.05) is 34.0 Å². The molecule has 0 aliphatic rings. The van der Waals surface area contributed by atoms with E-state index in [4.69, 9.17) is 10.2 Å². The first-order valence-electron chi connectivity index (χ1n) is 5.50. The van der Waals surface area contributed by atoms with Gasteiger partial charge in [-0.3, -0.25) is 0 Å². The number of oxazole rings is 1. The second-order valence-corrected chi connectivity index (χ2v) is 4.71. The van der Waals surface area contributed by atoms with Crippen LogP contribution in [0.25, 0.3) is 21.4 Å². The van der Waals surface area contributed by atoms with E-state index < -0.39 is 0 Å². The molecule has 0 aliphatic heterocycles. The SMILES string of the molecule is NCCc1ncc(-c2csc3ccccc23)o1. The summed E-state index contributed by atoms with van der Waals surface area (Å²) in [5.41, 5.74) is 6.59. The molecule has 0 saturated heterocycles. The van der Waals surface area contributed by atoms with Crippen LogP contribution >= 0.6 is 11.3 Å². The van der Waals surface area contributed by atoms with E-state index in [0.29, 0.717) is 18.9 Å². The highest BCUT2D eigenvalue weighted by atomic mass is 32.1. The predicted octanol–water partition coefficient (Wildman–Crippen LogP) is 3.06. The third-order valence-corrected chi connectivity index (χ3v) is 3.62. The van der Waals surface area contributed by atoms with Crippen molar-refractivity contribution in [2.24, 2.45) is 5.73 Å². The highest BCUT2D eigenvalue weighted by Crippen LogP contribution is 2.33. The van der Waals surface area contributed by atoms with Gasteiger partial charge in [-0.2, -0.15) is 0 Å². The van der Waals surface area contributed by atoms with Crippen LogP contribution in [0.4, 0.5) is 0 Å². The molecule has 2 N–H and O–H groups in total. The molecule has 0 unspecified atom stereocenters. The summed E-state index contributed by atoms with van der Waals surface area (Å²) in [6.07, 6.45) is 2.46. The van der Waals surface area contributed by atoms with Gasteiger partial charge in [-0.15, -0.1) is 11.3 Å². The quantitative estimate of drug-likeness (QED) is 0.770. The van der Waals surface area contributed by atoms with E-state index >= 15 is 0 Å². The molecule has 0 atom stereocenters. The highest BCUT2D eigenvalue weighted by molar-refractivity contribution is 7.17. The first-order valence-corrected chi connectivity index (χ1v) is 6.38. The largest absolute Gasteiger partial charge is 0.441 e. The maximum absolute atomic E-state index is 5.69. The van der Waals surface area contributed by atoms with Crippen LogP contribution in [-0.4, -0.2) is 11.5 Å². The molecule has 0 saturated carbocycles. The van der Waals surface area contributed by atoms with Gasteiger partial charge in [-0.05, 0) is 6.07 Å². The summed E-state index contributed by atoms with van der Waals surface area (Å²) in [6.45, 7) is 0.560. The van der Waals surface area contributed by atoms with Crippen LogP contribution in [0.2, 0.25) is 0 Å². The Labute approximate surface area is 103 Å². The van der Waals surface area contributed by atoms with Crippen molar-refractivity contribution in [3.63, 3.8) is 0 Å². The van der Waals surface area contributed by atoms with Crippen LogP contribution in [0.3, 0.4) is 0 Å². The number of thiophene rings is 1. The molecule has 2 aromatic heterocycles. The van der Waals surface area contributed by atoms with Gasteiger partial charge in [0.2, 0.25) is 0 Å². The van der Waals surface area contributed by atoms with Gasteiger partial charge in [0.15, 0.2) is 11.7 Å². The van der Waals surface area contributed by atoms with Gasteiger partial charge in [-0.1, -0.05) is 18.2 Å². The van der Waals surface area contributed by atoms with E-state index in [1.165, 1.54) is 10.1 Å². The normalized spacial score (nSPS) is 11.1. The number of benzene rings is 1. The minimum absolute atomic E-state index is 0.560. The number of fused-ring (bicyclic) bond motifs is 1. The molecule has 0 bridgehead atoms. The van der Waals surface area contributed by atoms with Gasteiger partial charge >= 0.3 is 0 Å². The Morgan fingerprint density at radius 3 is 3.06 bits per heavy atom. The van der Waals surface area contributed by atoms with Crippen molar-refractivity contribution in [1.82, 2.24) is 4.98 Å². The number of nitrogens with two attached hydrogens (primary N) is 1. The van der Waals surface area contributed by atoms with Gasteiger partial charge in [0.25, 0.3) is 0 Å². The fourth-order valence-corrected chi connectivity index (χ4v) is 2.79. The van der Waals surface area contributed by atoms with Gasteiger partial charge in [-0.25, -0.2) is 4.98 Å². The standard InChI is InChI=1S/C13H12N2OS/c14-6-5-13-15-7-11(16-13)10-8-17-12-4-2-1-3-9(10)12/h1-4,7-8H,5-6,14H2. The molecule has 2 heterocycles. The first-order chi connectivity index (χ1) is 8.38. The minimum Gasteiger partial charge on any atom is -0.441 e. The number of hydrogen-bond acceptors (Lipinski definition) is 4. The summed E-state index contributed by atoms with van der Waals surface area (Å²) >= 11 is 1.72. The average Bonchev–Trinajstić information content (AvgIpc) is 2.95. The second kappa shape index (κ2) is 4.31. The van der Waals surface area contributed by atoms with Crippen molar-refractivity contribution >= 4 is 21.4 Å². The Morgan fingerprint density at radius 1 is 1.29 bits per heavy atom. The van der Waals surface area contributed by atoms with E-state index in [0.717, 1.165) is 11.3 Å². The lowest BCUT2D eigenvalue weighted by molar-refractivity contribution is 0.508. The van der Waals surface area contributed by atoms with E-state index in [2.05, 4.69) is 22.5 Å². The smallest absolute Gasteiger partial charge is 0.196 e. The number of hydrogen-bond donors (Lipinski definition) is 1. The summed E-state index contributed by atoms with van der Waals surface area (Å²) in [4.78, 5) is 4.23. The fraction of sp³-hybridized carbons (Fsp3) is 0.154. The maximum atomic E-state index is 5.69. The molecule has 0 spiro atoms. The fourth-order valence-electron chi connectivity index (χ4n) is 1.84.